The Bertz CT molecular complexity index is 144. The highest BCUT2D eigenvalue weighted by atomic mass is 32.2. The Hall–Kier alpha value is -0.160. The van der Waals surface area contributed by atoms with E-state index in [0.717, 1.165) is 0 Å². The summed E-state index contributed by atoms with van der Waals surface area (Å²) in [6.07, 6.45) is 1.25. The Morgan fingerprint density at radius 1 is 1.60 bits per heavy atom. The first kappa shape index (κ1) is 7.94. The molecule has 10 heavy (non-hydrogen) atoms. The van der Waals surface area contributed by atoms with Crippen molar-refractivity contribution in [1.29, 1.82) is 5.26 Å². The molecule has 1 saturated heterocycles. The second-order valence-electron chi connectivity index (χ2n) is 3.10. The summed E-state index contributed by atoms with van der Waals surface area (Å²) in [6.45, 7) is 4.26. The molecule has 56 valence electrons. The average molecular weight is 155 g/mol. The summed E-state index contributed by atoms with van der Waals surface area (Å²) in [4.78, 5) is 0. The van der Waals surface area contributed by atoms with Crippen molar-refractivity contribution >= 4 is 11.8 Å². The minimum Gasteiger partial charge on any atom is -0.198 e. The maximum Gasteiger partial charge on any atom is 0.0670 e. The van der Waals surface area contributed by atoms with E-state index < -0.39 is 0 Å². The van der Waals surface area contributed by atoms with Gasteiger partial charge in [-0.1, -0.05) is 13.8 Å². The fourth-order valence-corrected chi connectivity index (χ4v) is 2.29. The van der Waals surface area contributed by atoms with Gasteiger partial charge in [0.25, 0.3) is 0 Å². The van der Waals surface area contributed by atoms with Crippen LogP contribution in [0.4, 0.5) is 0 Å². The Kier molecular flexibility index (Phi) is 2.62. The zero-order valence-electron chi connectivity index (χ0n) is 6.50. The first-order valence-electron chi connectivity index (χ1n) is 3.77. The Morgan fingerprint density at radius 3 is 2.30 bits per heavy atom. The third-order valence-electron chi connectivity index (χ3n) is 2.00. The van der Waals surface area contributed by atoms with E-state index in [9.17, 15) is 0 Å². The van der Waals surface area contributed by atoms with Crippen LogP contribution in [0.25, 0.3) is 0 Å². The highest BCUT2D eigenvalue weighted by Crippen LogP contribution is 2.36. The third-order valence-corrected chi connectivity index (χ3v) is 3.43. The van der Waals surface area contributed by atoms with Gasteiger partial charge in [0, 0.05) is 5.25 Å². The van der Waals surface area contributed by atoms with Gasteiger partial charge in [-0.2, -0.15) is 17.0 Å². The van der Waals surface area contributed by atoms with Crippen LogP contribution in [0, 0.1) is 23.2 Å². The largest absolute Gasteiger partial charge is 0.198 e. The van der Waals surface area contributed by atoms with Crippen molar-refractivity contribution in [3.05, 3.63) is 0 Å². The molecular weight excluding hydrogens is 142 g/mol. The topological polar surface area (TPSA) is 23.8 Å². The number of hydrogen-bond acceptors (Lipinski definition) is 2. The molecule has 0 amide bonds. The van der Waals surface area contributed by atoms with Gasteiger partial charge < -0.3 is 0 Å². The highest BCUT2D eigenvalue weighted by Gasteiger charge is 2.29. The molecule has 2 unspecified atom stereocenters. The van der Waals surface area contributed by atoms with Crippen LogP contribution in [0.5, 0.6) is 0 Å². The van der Waals surface area contributed by atoms with Crippen molar-refractivity contribution in [3.8, 4) is 6.07 Å². The zero-order chi connectivity index (χ0) is 7.56. The molecule has 0 aromatic rings. The second-order valence-corrected chi connectivity index (χ2v) is 4.44. The quantitative estimate of drug-likeness (QED) is 0.611. The molecule has 0 radical (unpaired) electrons. The minimum atomic E-state index is 0.291. The molecule has 0 saturated carbocycles. The molecule has 1 fully saturated rings. The monoisotopic (exact) mass is 155 g/mol. The van der Waals surface area contributed by atoms with E-state index in [1.165, 1.54) is 12.2 Å². The zero-order valence-corrected chi connectivity index (χ0v) is 7.32. The number of hydrogen-bond donors (Lipinski definition) is 0. The van der Waals surface area contributed by atoms with E-state index in [2.05, 4.69) is 19.9 Å². The van der Waals surface area contributed by atoms with Crippen molar-refractivity contribution in [1.82, 2.24) is 0 Å². The van der Waals surface area contributed by atoms with E-state index >= 15 is 0 Å². The highest BCUT2D eigenvalue weighted by molar-refractivity contribution is 8.01. The summed E-state index contributed by atoms with van der Waals surface area (Å²) in [5.41, 5.74) is 0. The molecule has 2 atom stereocenters. The molecule has 0 N–H and O–H groups in total. The lowest BCUT2D eigenvalue weighted by Crippen LogP contribution is -2.28. The SMILES string of the molecule is CC(C)C(C#N)C1CCS1. The molecule has 1 heterocycles. The van der Waals surface area contributed by atoms with Crippen LogP contribution < -0.4 is 0 Å². The number of nitrogens with zero attached hydrogens (tertiary/aromatic N) is 1. The molecule has 1 aliphatic heterocycles. The minimum absolute atomic E-state index is 0.291. The summed E-state index contributed by atoms with van der Waals surface area (Å²) in [6, 6.07) is 2.38. The lowest BCUT2D eigenvalue weighted by molar-refractivity contribution is 0.443. The van der Waals surface area contributed by atoms with Gasteiger partial charge in [-0.3, -0.25) is 0 Å². The van der Waals surface area contributed by atoms with Gasteiger partial charge in [-0.25, -0.2) is 0 Å². The predicted octanol–water partition coefficient (Wildman–Crippen LogP) is 2.29. The van der Waals surface area contributed by atoms with Crippen LogP contribution in [0.1, 0.15) is 20.3 Å². The second kappa shape index (κ2) is 3.30. The smallest absolute Gasteiger partial charge is 0.0670 e. The number of rotatable bonds is 2. The summed E-state index contributed by atoms with van der Waals surface area (Å²) < 4.78 is 0. The summed E-state index contributed by atoms with van der Waals surface area (Å²) in [7, 11) is 0. The van der Waals surface area contributed by atoms with E-state index in [0.29, 0.717) is 17.1 Å². The summed E-state index contributed by atoms with van der Waals surface area (Å²) in [5.74, 6) is 2.08. The molecule has 0 spiro atoms. The molecule has 2 heteroatoms. The maximum absolute atomic E-state index is 8.77. The van der Waals surface area contributed by atoms with Gasteiger partial charge in [0.2, 0.25) is 0 Å². The lowest BCUT2D eigenvalue weighted by Gasteiger charge is -2.31. The van der Waals surface area contributed by atoms with Gasteiger partial charge >= 0.3 is 0 Å². The molecule has 0 aromatic carbocycles. The first-order chi connectivity index (χ1) is 4.75. The van der Waals surface area contributed by atoms with E-state index in [1.807, 2.05) is 11.8 Å². The summed E-state index contributed by atoms with van der Waals surface area (Å²) >= 11 is 1.94. The van der Waals surface area contributed by atoms with Crippen LogP contribution in [0.15, 0.2) is 0 Å². The lowest BCUT2D eigenvalue weighted by atomic mass is 9.92. The van der Waals surface area contributed by atoms with Gasteiger partial charge in [0.15, 0.2) is 0 Å². The van der Waals surface area contributed by atoms with Crippen molar-refractivity contribution in [2.24, 2.45) is 11.8 Å². The van der Waals surface area contributed by atoms with E-state index in [4.69, 9.17) is 5.26 Å². The van der Waals surface area contributed by atoms with Crippen LogP contribution in [-0.2, 0) is 0 Å². The van der Waals surface area contributed by atoms with Crippen LogP contribution in [0.3, 0.4) is 0 Å². The predicted molar refractivity (Wildman–Crippen MR) is 44.8 cm³/mol. The Morgan fingerprint density at radius 2 is 2.20 bits per heavy atom. The Balaban J connectivity index is 2.41. The van der Waals surface area contributed by atoms with Crippen LogP contribution >= 0.6 is 11.8 Å². The third kappa shape index (κ3) is 1.46. The van der Waals surface area contributed by atoms with Crippen molar-refractivity contribution in [2.45, 2.75) is 25.5 Å². The molecule has 1 nitrogen and oxygen atoms in total. The van der Waals surface area contributed by atoms with Crippen LogP contribution in [-0.4, -0.2) is 11.0 Å². The molecule has 1 rings (SSSR count). The van der Waals surface area contributed by atoms with E-state index in [-0.39, 0.29) is 0 Å². The van der Waals surface area contributed by atoms with Gasteiger partial charge in [-0.15, -0.1) is 0 Å². The van der Waals surface area contributed by atoms with E-state index in [1.54, 1.807) is 0 Å². The molecule has 0 aromatic heterocycles. The van der Waals surface area contributed by atoms with Gasteiger partial charge in [0.05, 0.1) is 12.0 Å². The molecule has 0 aliphatic carbocycles. The normalized spacial score (nSPS) is 27.2. The molecule has 0 bridgehead atoms. The maximum atomic E-state index is 8.77. The van der Waals surface area contributed by atoms with Gasteiger partial charge in [0.1, 0.15) is 0 Å². The first-order valence-corrected chi connectivity index (χ1v) is 4.82. The van der Waals surface area contributed by atoms with Crippen LogP contribution in [0.2, 0.25) is 0 Å². The number of nitriles is 1. The van der Waals surface area contributed by atoms with Crippen molar-refractivity contribution in [2.75, 3.05) is 5.75 Å². The molecular formula is C8H13NS. The summed E-state index contributed by atoms with van der Waals surface area (Å²) in [5, 5.41) is 9.41. The van der Waals surface area contributed by atoms with Crippen molar-refractivity contribution < 1.29 is 0 Å². The number of thioether (sulfide) groups is 1. The fraction of sp³-hybridized carbons (Fsp3) is 0.875. The van der Waals surface area contributed by atoms with Gasteiger partial charge in [-0.05, 0) is 18.1 Å². The standard InChI is InChI=1S/C8H13NS/c1-6(2)7(5-9)8-3-4-10-8/h6-8H,3-4H2,1-2H3. The Labute approximate surface area is 66.8 Å². The fourth-order valence-electron chi connectivity index (χ4n) is 1.20. The average Bonchev–Trinajstić information content (AvgIpc) is 1.76. The molecule has 1 aliphatic rings. The van der Waals surface area contributed by atoms with Crippen molar-refractivity contribution in [3.63, 3.8) is 0 Å².